The fourth-order valence-corrected chi connectivity index (χ4v) is 2.80. The van der Waals surface area contributed by atoms with Gasteiger partial charge in [-0.3, -0.25) is 0 Å². The van der Waals surface area contributed by atoms with Gasteiger partial charge in [-0.25, -0.2) is 4.39 Å². The van der Waals surface area contributed by atoms with E-state index in [9.17, 15) is 4.39 Å². The van der Waals surface area contributed by atoms with Gasteiger partial charge in [-0.1, -0.05) is 0 Å². The lowest BCUT2D eigenvalue weighted by atomic mass is 10.3. The van der Waals surface area contributed by atoms with Crippen LogP contribution in [-0.4, -0.2) is 7.11 Å². The van der Waals surface area contributed by atoms with Gasteiger partial charge in [-0.05, 0) is 34.1 Å². The number of halogens is 2. The zero-order valence-corrected chi connectivity index (χ0v) is 11.6. The molecule has 0 bridgehead atoms. The predicted molar refractivity (Wildman–Crippen MR) is 72.3 cm³/mol. The molecule has 2 nitrogen and oxygen atoms in total. The molecule has 1 heterocycles. The second-order valence-electron chi connectivity index (χ2n) is 3.43. The molecule has 1 aromatic carbocycles. The fourth-order valence-electron chi connectivity index (χ4n) is 1.41. The number of benzene rings is 1. The zero-order valence-electron chi connectivity index (χ0n) is 9.17. The summed E-state index contributed by atoms with van der Waals surface area (Å²) in [5, 5.41) is 5.25. The molecule has 5 heteroatoms. The summed E-state index contributed by atoms with van der Waals surface area (Å²) in [4.78, 5) is 1.21. The van der Waals surface area contributed by atoms with Gasteiger partial charge in [0.05, 0.1) is 7.11 Å². The van der Waals surface area contributed by atoms with Crippen molar-refractivity contribution in [3.63, 3.8) is 0 Å². The first-order valence-electron chi connectivity index (χ1n) is 4.99. The van der Waals surface area contributed by atoms with E-state index in [4.69, 9.17) is 4.74 Å². The molecule has 0 atom stereocenters. The van der Waals surface area contributed by atoms with E-state index in [1.165, 1.54) is 18.1 Å². The first-order valence-corrected chi connectivity index (χ1v) is 6.66. The average molecular weight is 316 g/mol. The third-order valence-electron chi connectivity index (χ3n) is 2.24. The van der Waals surface area contributed by atoms with Crippen molar-refractivity contribution in [3.8, 4) is 5.75 Å². The first kappa shape index (κ1) is 12.4. The second kappa shape index (κ2) is 5.51. The van der Waals surface area contributed by atoms with Gasteiger partial charge in [-0.15, -0.1) is 11.3 Å². The van der Waals surface area contributed by atoms with Crippen LogP contribution in [0.5, 0.6) is 5.75 Å². The van der Waals surface area contributed by atoms with Crippen LogP contribution in [0.1, 0.15) is 4.88 Å². The van der Waals surface area contributed by atoms with E-state index in [1.807, 2.05) is 5.38 Å². The lowest BCUT2D eigenvalue weighted by molar-refractivity contribution is 0.387. The quantitative estimate of drug-likeness (QED) is 0.909. The van der Waals surface area contributed by atoms with Crippen molar-refractivity contribution in [1.82, 2.24) is 0 Å². The van der Waals surface area contributed by atoms with Crippen molar-refractivity contribution >= 4 is 33.0 Å². The Hall–Kier alpha value is -1.07. The van der Waals surface area contributed by atoms with Crippen molar-refractivity contribution in [2.45, 2.75) is 6.54 Å². The molecule has 0 spiro atoms. The Bertz CT molecular complexity index is 515. The third-order valence-corrected chi connectivity index (χ3v) is 3.94. The van der Waals surface area contributed by atoms with Crippen LogP contribution in [0.2, 0.25) is 0 Å². The van der Waals surface area contributed by atoms with Crippen LogP contribution in [-0.2, 0) is 6.54 Å². The molecule has 0 aliphatic rings. The minimum atomic E-state index is -0.350. The average Bonchev–Trinajstić information content (AvgIpc) is 2.74. The van der Waals surface area contributed by atoms with Crippen molar-refractivity contribution in [1.29, 1.82) is 0 Å². The Balaban J connectivity index is 2.04. The smallest absolute Gasteiger partial charge is 0.165 e. The third kappa shape index (κ3) is 3.20. The normalized spacial score (nSPS) is 10.3. The van der Waals surface area contributed by atoms with Gasteiger partial charge in [0.25, 0.3) is 0 Å². The molecule has 0 aliphatic carbocycles. The summed E-state index contributed by atoms with van der Waals surface area (Å²) in [7, 11) is 1.46. The number of rotatable bonds is 4. The van der Waals surface area contributed by atoms with Crippen molar-refractivity contribution < 1.29 is 9.13 Å². The molecule has 0 aliphatic heterocycles. The molecule has 0 saturated carbocycles. The lowest BCUT2D eigenvalue weighted by Crippen LogP contribution is -1.98. The van der Waals surface area contributed by atoms with E-state index in [2.05, 4.69) is 27.3 Å². The molecule has 2 rings (SSSR count). The first-order chi connectivity index (χ1) is 8.19. The number of thiophene rings is 1. The Morgan fingerprint density at radius 1 is 1.41 bits per heavy atom. The molecule has 0 unspecified atom stereocenters. The highest BCUT2D eigenvalue weighted by molar-refractivity contribution is 9.10. The van der Waals surface area contributed by atoms with Crippen molar-refractivity contribution in [3.05, 3.63) is 44.8 Å². The Kier molecular flexibility index (Phi) is 4.02. The summed E-state index contributed by atoms with van der Waals surface area (Å²) in [6.07, 6.45) is 0. The maximum Gasteiger partial charge on any atom is 0.165 e. The second-order valence-corrected chi connectivity index (χ2v) is 5.35. The van der Waals surface area contributed by atoms with Crippen LogP contribution in [0.3, 0.4) is 0 Å². The Morgan fingerprint density at radius 3 is 2.88 bits per heavy atom. The maximum absolute atomic E-state index is 13.2. The van der Waals surface area contributed by atoms with E-state index in [1.54, 1.807) is 23.5 Å². The molecule has 2 aromatic rings. The highest BCUT2D eigenvalue weighted by Crippen LogP contribution is 2.24. The Morgan fingerprint density at radius 2 is 2.24 bits per heavy atom. The molecule has 0 radical (unpaired) electrons. The molecule has 0 fully saturated rings. The minimum absolute atomic E-state index is 0.252. The van der Waals surface area contributed by atoms with E-state index in [0.717, 1.165) is 10.2 Å². The molecule has 0 amide bonds. The van der Waals surface area contributed by atoms with Gasteiger partial charge in [0, 0.05) is 33.0 Å². The SMILES string of the molecule is COc1cc(NCc2cc(Br)cs2)ccc1F. The number of methoxy groups -OCH3 is 1. The van der Waals surface area contributed by atoms with Gasteiger partial charge < -0.3 is 10.1 Å². The van der Waals surface area contributed by atoms with Crippen LogP contribution in [0, 0.1) is 5.82 Å². The molecule has 1 aromatic heterocycles. The molecular weight excluding hydrogens is 305 g/mol. The summed E-state index contributed by atoms with van der Waals surface area (Å²) in [6.45, 7) is 0.713. The minimum Gasteiger partial charge on any atom is -0.494 e. The van der Waals surface area contributed by atoms with Gasteiger partial charge >= 0.3 is 0 Å². The molecule has 0 saturated heterocycles. The van der Waals surface area contributed by atoms with Gasteiger partial charge in [0.1, 0.15) is 0 Å². The molecule has 17 heavy (non-hydrogen) atoms. The van der Waals surface area contributed by atoms with E-state index in [-0.39, 0.29) is 11.6 Å². The zero-order chi connectivity index (χ0) is 12.3. The van der Waals surface area contributed by atoms with Crippen LogP contribution < -0.4 is 10.1 Å². The largest absolute Gasteiger partial charge is 0.494 e. The van der Waals surface area contributed by atoms with Crippen molar-refractivity contribution in [2.24, 2.45) is 0 Å². The molecule has 1 N–H and O–H groups in total. The van der Waals surface area contributed by atoms with Gasteiger partial charge in [0.2, 0.25) is 0 Å². The highest BCUT2D eigenvalue weighted by atomic mass is 79.9. The monoisotopic (exact) mass is 315 g/mol. The van der Waals surface area contributed by atoms with Crippen LogP contribution >= 0.6 is 27.3 Å². The van der Waals surface area contributed by atoms with Gasteiger partial charge in [0.15, 0.2) is 11.6 Å². The van der Waals surface area contributed by atoms with E-state index < -0.39 is 0 Å². The fraction of sp³-hybridized carbons (Fsp3) is 0.167. The number of hydrogen-bond donors (Lipinski definition) is 1. The summed E-state index contributed by atoms with van der Waals surface area (Å²) in [6, 6.07) is 6.79. The van der Waals surface area contributed by atoms with Crippen LogP contribution in [0.15, 0.2) is 34.1 Å². The predicted octanol–water partition coefficient (Wildman–Crippen LogP) is 4.27. The summed E-state index contributed by atoms with van der Waals surface area (Å²) in [5.74, 6) is -0.0979. The van der Waals surface area contributed by atoms with E-state index >= 15 is 0 Å². The highest BCUT2D eigenvalue weighted by Gasteiger charge is 2.03. The molecule has 90 valence electrons. The van der Waals surface area contributed by atoms with Crippen LogP contribution in [0.25, 0.3) is 0 Å². The number of nitrogens with one attached hydrogen (secondary N) is 1. The van der Waals surface area contributed by atoms with Crippen LogP contribution in [0.4, 0.5) is 10.1 Å². The topological polar surface area (TPSA) is 21.3 Å². The summed E-state index contributed by atoms with van der Waals surface area (Å²) in [5.41, 5.74) is 0.841. The lowest BCUT2D eigenvalue weighted by Gasteiger charge is -2.07. The van der Waals surface area contributed by atoms with Crippen molar-refractivity contribution in [2.75, 3.05) is 12.4 Å². The maximum atomic E-state index is 13.2. The summed E-state index contributed by atoms with van der Waals surface area (Å²) >= 11 is 5.07. The number of hydrogen-bond acceptors (Lipinski definition) is 3. The summed E-state index contributed by atoms with van der Waals surface area (Å²) < 4.78 is 19.2. The number of anilines is 1. The molecular formula is C12H11BrFNOS. The number of ether oxygens (including phenoxy) is 1. The Labute approximate surface area is 112 Å². The standard InChI is InChI=1S/C12H11BrFNOS/c1-16-12-5-9(2-3-11(12)14)15-6-10-4-8(13)7-17-10/h2-5,7,15H,6H2,1H3. The van der Waals surface area contributed by atoms with E-state index in [0.29, 0.717) is 6.54 Å². The van der Waals surface area contributed by atoms with Gasteiger partial charge in [-0.2, -0.15) is 0 Å².